The summed E-state index contributed by atoms with van der Waals surface area (Å²) in [6.07, 6.45) is 0.0316. The number of carbonyl (C=O) groups is 2. The molecule has 0 radical (unpaired) electrons. The number of primary amides is 1. The minimum atomic E-state index is -0.842. The topological polar surface area (TPSA) is 92.4 Å². The first-order valence-corrected chi connectivity index (χ1v) is 7.28. The molecule has 5 nitrogen and oxygen atoms in total. The third-order valence-corrected chi connectivity index (χ3v) is 4.14. The number of aliphatic carboxylic acids is 1. The highest BCUT2D eigenvalue weighted by molar-refractivity contribution is 7.12. The third-order valence-electron chi connectivity index (χ3n) is 2.74. The van der Waals surface area contributed by atoms with E-state index < -0.39 is 11.9 Å². The van der Waals surface area contributed by atoms with Crippen LogP contribution in [0.1, 0.15) is 20.1 Å². The molecule has 0 atom stereocenters. The van der Waals surface area contributed by atoms with Crippen LogP contribution in [0.2, 0.25) is 5.02 Å². The van der Waals surface area contributed by atoms with Crippen LogP contribution in [0.5, 0.6) is 0 Å². The summed E-state index contributed by atoms with van der Waals surface area (Å²) in [4.78, 5) is 23.5. The van der Waals surface area contributed by atoms with Gasteiger partial charge in [-0.2, -0.15) is 0 Å². The zero-order chi connectivity index (χ0) is 15.4. The summed E-state index contributed by atoms with van der Waals surface area (Å²) >= 11 is 7.41. The number of nitrogens with two attached hydrogens (primary N) is 1. The Kier molecular flexibility index (Phi) is 4.82. The van der Waals surface area contributed by atoms with Crippen molar-refractivity contribution in [2.45, 2.75) is 13.0 Å². The lowest BCUT2D eigenvalue weighted by atomic mass is 10.2. The predicted molar refractivity (Wildman–Crippen MR) is 83.0 cm³/mol. The lowest BCUT2D eigenvalue weighted by molar-refractivity contribution is -0.136. The van der Waals surface area contributed by atoms with Crippen molar-refractivity contribution in [3.63, 3.8) is 0 Å². The van der Waals surface area contributed by atoms with Gasteiger partial charge in [-0.25, -0.2) is 0 Å². The maximum Gasteiger partial charge on any atom is 0.308 e. The molecule has 0 saturated heterocycles. The summed E-state index contributed by atoms with van der Waals surface area (Å²) < 4.78 is 0. The summed E-state index contributed by atoms with van der Waals surface area (Å²) in [5.74, 6) is -1.41. The molecule has 4 N–H and O–H groups in total. The molecule has 0 aliphatic rings. The molecule has 21 heavy (non-hydrogen) atoms. The Hall–Kier alpha value is -2.05. The lowest BCUT2D eigenvalue weighted by Crippen LogP contribution is -2.11. The van der Waals surface area contributed by atoms with E-state index in [9.17, 15) is 9.59 Å². The molecule has 1 aromatic heterocycles. The number of rotatable bonds is 6. The molecule has 1 heterocycles. The molecule has 7 heteroatoms. The van der Waals surface area contributed by atoms with E-state index >= 15 is 0 Å². The van der Waals surface area contributed by atoms with Gasteiger partial charge in [-0.05, 0) is 30.3 Å². The average Bonchev–Trinajstić information content (AvgIpc) is 2.82. The molecule has 0 unspecified atom stereocenters. The van der Waals surface area contributed by atoms with Crippen molar-refractivity contribution >= 4 is 40.5 Å². The Labute approximate surface area is 130 Å². The average molecular weight is 325 g/mol. The van der Waals surface area contributed by atoms with Gasteiger partial charge in [-0.3, -0.25) is 9.59 Å². The molecule has 0 aliphatic heterocycles. The maximum absolute atomic E-state index is 11.1. The minimum Gasteiger partial charge on any atom is -0.481 e. The van der Waals surface area contributed by atoms with Gasteiger partial charge in [-0.15, -0.1) is 11.3 Å². The smallest absolute Gasteiger partial charge is 0.308 e. The van der Waals surface area contributed by atoms with Gasteiger partial charge in [0.1, 0.15) is 0 Å². The summed E-state index contributed by atoms with van der Waals surface area (Å²) in [5.41, 5.74) is 6.22. The number of nitrogens with one attached hydrogen (secondary N) is 1. The highest BCUT2D eigenvalue weighted by atomic mass is 35.5. The van der Waals surface area contributed by atoms with Crippen LogP contribution in [0.25, 0.3) is 0 Å². The van der Waals surface area contributed by atoms with Crippen LogP contribution in [-0.2, 0) is 17.8 Å². The number of amides is 1. The fourth-order valence-electron chi connectivity index (χ4n) is 1.78. The number of hydrogen-bond acceptors (Lipinski definition) is 4. The lowest BCUT2D eigenvalue weighted by Gasteiger charge is -2.07. The fraction of sp³-hybridized carbons (Fsp3) is 0.143. The van der Waals surface area contributed by atoms with E-state index in [1.165, 1.54) is 11.3 Å². The molecule has 110 valence electrons. The molecule has 0 fully saturated rings. The minimum absolute atomic E-state index is 0.0316. The normalized spacial score (nSPS) is 10.3. The predicted octanol–water partition coefficient (Wildman–Crippen LogP) is 2.74. The van der Waals surface area contributed by atoms with Gasteiger partial charge in [0.2, 0.25) is 5.91 Å². The first-order valence-electron chi connectivity index (χ1n) is 6.08. The maximum atomic E-state index is 11.1. The van der Waals surface area contributed by atoms with E-state index in [0.29, 0.717) is 11.6 Å². The molecule has 0 bridgehead atoms. The van der Waals surface area contributed by atoms with Gasteiger partial charge in [-0.1, -0.05) is 11.6 Å². The third kappa shape index (κ3) is 4.21. The molecule has 2 aromatic rings. The monoisotopic (exact) mass is 324 g/mol. The zero-order valence-electron chi connectivity index (χ0n) is 10.9. The Morgan fingerprint density at radius 2 is 1.95 bits per heavy atom. The van der Waals surface area contributed by atoms with Gasteiger partial charge in [0.15, 0.2) is 0 Å². The van der Waals surface area contributed by atoms with Crippen LogP contribution >= 0.6 is 22.9 Å². The number of halogens is 1. The Morgan fingerprint density at radius 1 is 1.24 bits per heavy atom. The number of hydrogen-bond donors (Lipinski definition) is 3. The van der Waals surface area contributed by atoms with Crippen molar-refractivity contribution in [3.8, 4) is 0 Å². The largest absolute Gasteiger partial charge is 0.481 e. The van der Waals surface area contributed by atoms with Crippen LogP contribution < -0.4 is 11.1 Å². The van der Waals surface area contributed by atoms with E-state index in [4.69, 9.17) is 22.4 Å². The van der Waals surface area contributed by atoms with Crippen LogP contribution in [0.4, 0.5) is 5.69 Å². The number of carbonyl (C=O) groups excluding carboxylic acids is 1. The standard InChI is InChI=1S/C14H13ClN2O3S/c15-12-5-8(1-4-11(12)14(16)20)17-7-10-3-2-9(21-10)6-13(18)19/h1-5,17H,6-7H2,(H2,16,20)(H,18,19). The van der Waals surface area contributed by atoms with Crippen molar-refractivity contribution < 1.29 is 14.7 Å². The molecule has 1 aromatic carbocycles. The second kappa shape index (κ2) is 6.60. The second-order valence-corrected chi connectivity index (χ2v) is 6.01. The van der Waals surface area contributed by atoms with Crippen molar-refractivity contribution in [1.29, 1.82) is 0 Å². The molecule has 0 saturated carbocycles. The van der Waals surface area contributed by atoms with Gasteiger partial charge < -0.3 is 16.2 Å². The van der Waals surface area contributed by atoms with Crippen LogP contribution in [0.3, 0.4) is 0 Å². The number of carboxylic acids is 1. The number of carboxylic acid groups (broad SMARTS) is 1. The number of benzene rings is 1. The Morgan fingerprint density at radius 3 is 2.57 bits per heavy atom. The van der Waals surface area contributed by atoms with Crippen LogP contribution in [0, 0.1) is 0 Å². The Bertz CT molecular complexity index is 685. The first-order chi connectivity index (χ1) is 9.95. The van der Waals surface area contributed by atoms with Gasteiger partial charge in [0.25, 0.3) is 0 Å². The van der Waals surface area contributed by atoms with Gasteiger partial charge >= 0.3 is 5.97 Å². The first kappa shape index (κ1) is 15.3. The van der Waals surface area contributed by atoms with Gasteiger partial charge in [0.05, 0.1) is 17.0 Å². The molecular formula is C14H13ClN2O3S. The fourth-order valence-corrected chi connectivity index (χ4v) is 3.00. The summed E-state index contributed by atoms with van der Waals surface area (Å²) in [6.45, 7) is 0.552. The molecule has 1 amide bonds. The van der Waals surface area contributed by atoms with Crippen LogP contribution in [0.15, 0.2) is 30.3 Å². The quantitative estimate of drug-likeness (QED) is 0.761. The van der Waals surface area contributed by atoms with Crippen molar-refractivity contribution in [1.82, 2.24) is 0 Å². The van der Waals surface area contributed by atoms with Crippen molar-refractivity contribution in [3.05, 3.63) is 50.7 Å². The van der Waals surface area contributed by atoms with Crippen LogP contribution in [-0.4, -0.2) is 17.0 Å². The van der Waals surface area contributed by atoms with Gasteiger partial charge in [0, 0.05) is 22.0 Å². The number of thiophene rings is 1. The molecule has 0 aliphatic carbocycles. The van der Waals surface area contributed by atoms with Crippen molar-refractivity contribution in [2.24, 2.45) is 5.73 Å². The summed E-state index contributed by atoms with van der Waals surface area (Å²) in [7, 11) is 0. The molecule has 2 rings (SSSR count). The van der Waals surface area contributed by atoms with E-state index in [0.717, 1.165) is 15.4 Å². The highest BCUT2D eigenvalue weighted by Crippen LogP contribution is 2.22. The molecule has 0 spiro atoms. The zero-order valence-corrected chi connectivity index (χ0v) is 12.5. The van der Waals surface area contributed by atoms with E-state index in [-0.39, 0.29) is 12.0 Å². The Balaban J connectivity index is 1.99. The van der Waals surface area contributed by atoms with E-state index in [2.05, 4.69) is 5.32 Å². The summed E-state index contributed by atoms with van der Waals surface area (Å²) in [6, 6.07) is 8.61. The summed E-state index contributed by atoms with van der Waals surface area (Å²) in [5, 5.41) is 12.2. The SMILES string of the molecule is NC(=O)c1ccc(NCc2ccc(CC(=O)O)s2)cc1Cl. The number of anilines is 1. The van der Waals surface area contributed by atoms with Crippen molar-refractivity contribution in [2.75, 3.05) is 5.32 Å². The second-order valence-electron chi connectivity index (χ2n) is 4.35. The highest BCUT2D eigenvalue weighted by Gasteiger charge is 2.08. The van der Waals surface area contributed by atoms with E-state index in [1.807, 2.05) is 6.07 Å². The van der Waals surface area contributed by atoms with E-state index in [1.54, 1.807) is 24.3 Å². The molecular weight excluding hydrogens is 312 g/mol.